The van der Waals surface area contributed by atoms with Crippen LogP contribution in [-0.2, 0) is 4.79 Å². The lowest BCUT2D eigenvalue weighted by atomic mass is 10.1. The van der Waals surface area contributed by atoms with Crippen molar-refractivity contribution in [2.45, 2.75) is 13.8 Å². The molecule has 1 fully saturated rings. The third-order valence-electron chi connectivity index (χ3n) is 3.53. The number of benzene rings is 1. The number of carbonyl (C=O) groups excluding carboxylic acids is 2. The maximum absolute atomic E-state index is 12.5. The molecule has 0 unspecified atom stereocenters. The van der Waals surface area contributed by atoms with Crippen molar-refractivity contribution in [3.05, 3.63) is 32.7 Å². The Morgan fingerprint density at radius 2 is 1.62 bits per heavy atom. The van der Waals surface area contributed by atoms with E-state index in [0.717, 1.165) is 8.95 Å². The minimum Gasteiger partial charge on any atom is -0.339 e. The first kappa shape index (κ1) is 16.5. The normalized spacial score (nSPS) is 15.5. The minimum absolute atomic E-state index is 0.00557. The average molecular weight is 418 g/mol. The van der Waals surface area contributed by atoms with Crippen LogP contribution in [0.3, 0.4) is 0 Å². The number of carbonyl (C=O) groups is 2. The third kappa shape index (κ3) is 3.86. The molecule has 0 saturated carbocycles. The van der Waals surface area contributed by atoms with E-state index < -0.39 is 0 Å². The predicted octanol–water partition coefficient (Wildman–Crippen LogP) is 3.15. The van der Waals surface area contributed by atoms with Gasteiger partial charge in [-0.3, -0.25) is 9.59 Å². The van der Waals surface area contributed by atoms with Crippen LogP contribution in [0.1, 0.15) is 24.2 Å². The van der Waals surface area contributed by atoms with E-state index in [-0.39, 0.29) is 17.7 Å². The van der Waals surface area contributed by atoms with Crippen LogP contribution in [0, 0.1) is 5.92 Å². The Labute approximate surface area is 141 Å². The molecule has 0 spiro atoms. The highest BCUT2D eigenvalue weighted by Gasteiger charge is 2.26. The molecule has 4 nitrogen and oxygen atoms in total. The lowest BCUT2D eigenvalue weighted by Gasteiger charge is -2.35. The summed E-state index contributed by atoms with van der Waals surface area (Å²) in [6, 6.07) is 5.53. The number of hydrogen-bond donors (Lipinski definition) is 0. The van der Waals surface area contributed by atoms with Crippen molar-refractivity contribution in [3.63, 3.8) is 0 Å². The summed E-state index contributed by atoms with van der Waals surface area (Å²) in [7, 11) is 0. The summed E-state index contributed by atoms with van der Waals surface area (Å²) in [6.45, 7) is 6.19. The summed E-state index contributed by atoms with van der Waals surface area (Å²) in [6.07, 6.45) is 0. The Bertz CT molecular complexity index is 553. The van der Waals surface area contributed by atoms with Crippen LogP contribution in [-0.4, -0.2) is 47.8 Å². The van der Waals surface area contributed by atoms with E-state index in [1.54, 1.807) is 4.90 Å². The predicted molar refractivity (Wildman–Crippen MR) is 89.2 cm³/mol. The van der Waals surface area contributed by atoms with Gasteiger partial charge in [0.1, 0.15) is 0 Å². The summed E-state index contributed by atoms with van der Waals surface area (Å²) < 4.78 is 1.71. The lowest BCUT2D eigenvalue weighted by Crippen LogP contribution is -2.51. The van der Waals surface area contributed by atoms with Gasteiger partial charge in [0.15, 0.2) is 0 Å². The Kier molecular flexibility index (Phi) is 5.43. The first-order valence-electron chi connectivity index (χ1n) is 6.93. The second kappa shape index (κ2) is 6.92. The molecule has 1 aliphatic rings. The lowest BCUT2D eigenvalue weighted by molar-refractivity contribution is -0.135. The second-order valence-electron chi connectivity index (χ2n) is 5.40. The molecule has 0 atom stereocenters. The van der Waals surface area contributed by atoms with Gasteiger partial charge in [0.25, 0.3) is 5.91 Å². The van der Waals surface area contributed by atoms with Crippen LogP contribution < -0.4 is 0 Å². The van der Waals surface area contributed by atoms with Crippen molar-refractivity contribution in [3.8, 4) is 0 Å². The number of rotatable bonds is 2. The van der Waals surface area contributed by atoms with Crippen molar-refractivity contribution in [1.82, 2.24) is 9.80 Å². The molecule has 1 aromatic rings. The van der Waals surface area contributed by atoms with E-state index in [2.05, 4.69) is 31.9 Å². The Morgan fingerprint density at radius 1 is 1.05 bits per heavy atom. The smallest absolute Gasteiger partial charge is 0.255 e. The van der Waals surface area contributed by atoms with Gasteiger partial charge in [-0.2, -0.15) is 0 Å². The fourth-order valence-corrected chi connectivity index (χ4v) is 3.55. The van der Waals surface area contributed by atoms with E-state index in [4.69, 9.17) is 0 Å². The molecule has 21 heavy (non-hydrogen) atoms. The molecule has 1 aliphatic heterocycles. The molecular weight excluding hydrogens is 400 g/mol. The van der Waals surface area contributed by atoms with Crippen LogP contribution in [0.4, 0.5) is 0 Å². The van der Waals surface area contributed by atoms with E-state index in [1.807, 2.05) is 36.9 Å². The molecule has 114 valence electrons. The molecule has 0 aromatic heterocycles. The van der Waals surface area contributed by atoms with Crippen LogP contribution >= 0.6 is 31.9 Å². The molecule has 6 heteroatoms. The van der Waals surface area contributed by atoms with E-state index in [9.17, 15) is 9.59 Å². The number of halogens is 2. The Balaban J connectivity index is 2.02. The fraction of sp³-hybridized carbons (Fsp3) is 0.467. The van der Waals surface area contributed by atoms with Crippen molar-refractivity contribution in [1.29, 1.82) is 0 Å². The van der Waals surface area contributed by atoms with Crippen molar-refractivity contribution in [2.24, 2.45) is 5.92 Å². The standard InChI is InChI=1S/C15H18Br2N2O2/c1-10(2)14(20)18-5-7-19(8-6-18)15(21)12-4-3-11(16)9-13(12)17/h3-4,9-10H,5-8H2,1-2H3. The van der Waals surface area contributed by atoms with Crippen LogP contribution in [0.5, 0.6) is 0 Å². The van der Waals surface area contributed by atoms with Gasteiger partial charge in [-0.05, 0) is 34.1 Å². The van der Waals surface area contributed by atoms with Gasteiger partial charge in [0, 0.05) is 41.0 Å². The summed E-state index contributed by atoms with van der Waals surface area (Å²) in [5.74, 6) is 0.172. The number of hydrogen-bond acceptors (Lipinski definition) is 2. The van der Waals surface area contributed by atoms with Crippen molar-refractivity contribution in [2.75, 3.05) is 26.2 Å². The highest BCUT2D eigenvalue weighted by molar-refractivity contribution is 9.11. The largest absolute Gasteiger partial charge is 0.339 e. The maximum atomic E-state index is 12.5. The summed E-state index contributed by atoms with van der Waals surface area (Å²) in [5, 5.41) is 0. The van der Waals surface area contributed by atoms with Crippen LogP contribution in [0.2, 0.25) is 0 Å². The van der Waals surface area contributed by atoms with E-state index >= 15 is 0 Å². The number of amides is 2. The molecule has 1 aromatic carbocycles. The van der Waals surface area contributed by atoms with Crippen LogP contribution in [0.15, 0.2) is 27.1 Å². The Hall–Kier alpha value is -0.880. The summed E-state index contributed by atoms with van der Waals surface area (Å²) >= 11 is 6.81. The third-order valence-corrected chi connectivity index (χ3v) is 4.68. The van der Waals surface area contributed by atoms with Gasteiger partial charge >= 0.3 is 0 Å². The molecule has 0 aliphatic carbocycles. The first-order valence-corrected chi connectivity index (χ1v) is 8.52. The highest BCUT2D eigenvalue weighted by atomic mass is 79.9. The van der Waals surface area contributed by atoms with Gasteiger partial charge < -0.3 is 9.80 Å². The molecule has 1 heterocycles. The SMILES string of the molecule is CC(C)C(=O)N1CCN(C(=O)c2ccc(Br)cc2Br)CC1. The summed E-state index contributed by atoms with van der Waals surface area (Å²) in [4.78, 5) is 28.1. The average Bonchev–Trinajstić information content (AvgIpc) is 2.46. The first-order chi connectivity index (χ1) is 9.90. The molecule has 2 amide bonds. The minimum atomic E-state index is 0.00557. The van der Waals surface area contributed by atoms with Gasteiger partial charge in [-0.1, -0.05) is 29.8 Å². The Morgan fingerprint density at radius 3 is 2.14 bits per heavy atom. The number of nitrogens with zero attached hydrogens (tertiary/aromatic N) is 2. The fourth-order valence-electron chi connectivity index (χ4n) is 2.33. The number of piperazine rings is 1. The van der Waals surface area contributed by atoms with Crippen LogP contribution in [0.25, 0.3) is 0 Å². The molecule has 0 N–H and O–H groups in total. The maximum Gasteiger partial charge on any atom is 0.255 e. The van der Waals surface area contributed by atoms with Gasteiger partial charge in [0.05, 0.1) is 5.56 Å². The van der Waals surface area contributed by atoms with Gasteiger partial charge in [-0.25, -0.2) is 0 Å². The zero-order chi connectivity index (χ0) is 15.6. The zero-order valence-electron chi connectivity index (χ0n) is 12.1. The molecule has 2 rings (SSSR count). The monoisotopic (exact) mass is 416 g/mol. The van der Waals surface area contributed by atoms with E-state index in [0.29, 0.717) is 31.7 Å². The highest BCUT2D eigenvalue weighted by Crippen LogP contribution is 2.23. The molecule has 1 saturated heterocycles. The molecule has 0 bridgehead atoms. The topological polar surface area (TPSA) is 40.6 Å². The van der Waals surface area contributed by atoms with Gasteiger partial charge in [-0.15, -0.1) is 0 Å². The summed E-state index contributed by atoms with van der Waals surface area (Å²) in [5.41, 5.74) is 0.654. The quantitative estimate of drug-likeness (QED) is 0.741. The van der Waals surface area contributed by atoms with Crippen molar-refractivity contribution < 1.29 is 9.59 Å². The second-order valence-corrected chi connectivity index (χ2v) is 7.17. The zero-order valence-corrected chi connectivity index (χ0v) is 15.3. The van der Waals surface area contributed by atoms with E-state index in [1.165, 1.54) is 0 Å². The van der Waals surface area contributed by atoms with Crippen molar-refractivity contribution >= 4 is 43.7 Å². The van der Waals surface area contributed by atoms with Gasteiger partial charge in [0.2, 0.25) is 5.91 Å². The molecule has 0 radical (unpaired) electrons. The molecular formula is C15H18Br2N2O2.